The summed E-state index contributed by atoms with van der Waals surface area (Å²) in [7, 11) is 0. The first-order chi connectivity index (χ1) is 11.1. The second-order valence-corrected chi connectivity index (χ2v) is 5.79. The first-order valence-electron chi connectivity index (χ1n) is 7.74. The van der Waals surface area contributed by atoms with Crippen molar-refractivity contribution in [3.63, 3.8) is 0 Å². The molecule has 0 aromatic heterocycles. The average Bonchev–Trinajstić information content (AvgIpc) is 2.55. The topological polar surface area (TPSA) is 58.6 Å². The summed E-state index contributed by atoms with van der Waals surface area (Å²) in [5.74, 6) is -0.130. The molecule has 2 rings (SSSR count). The summed E-state index contributed by atoms with van der Waals surface area (Å²) in [6, 6.07) is 7.35. The van der Waals surface area contributed by atoms with E-state index in [0.29, 0.717) is 24.7 Å². The number of hydrogen-bond acceptors (Lipinski definition) is 3. The van der Waals surface area contributed by atoms with Crippen molar-refractivity contribution in [2.75, 3.05) is 19.7 Å². The third-order valence-corrected chi connectivity index (χ3v) is 3.92. The zero-order valence-corrected chi connectivity index (χ0v) is 13.9. The van der Waals surface area contributed by atoms with E-state index in [-0.39, 0.29) is 18.0 Å². The number of carbonyl (C=O) groups excluding carboxylic acids is 2. The number of hydrogen-bond donors (Lipinski definition) is 1. The van der Waals surface area contributed by atoms with Gasteiger partial charge in [0.15, 0.2) is 0 Å². The zero-order valence-electron chi connectivity index (χ0n) is 13.1. The predicted molar refractivity (Wildman–Crippen MR) is 90.2 cm³/mol. The van der Waals surface area contributed by atoms with Crippen LogP contribution in [0.25, 0.3) is 6.08 Å². The molecule has 124 valence electrons. The summed E-state index contributed by atoms with van der Waals surface area (Å²) < 4.78 is 4.97. The van der Waals surface area contributed by atoms with Gasteiger partial charge in [0.1, 0.15) is 0 Å². The van der Waals surface area contributed by atoms with Crippen LogP contribution in [0.1, 0.15) is 25.3 Å². The number of nitrogens with zero attached hydrogens (tertiary/aromatic N) is 1. The predicted octanol–water partition coefficient (Wildman–Crippen LogP) is 3.09. The molecule has 0 radical (unpaired) electrons. The fraction of sp³-hybridized carbons (Fsp3) is 0.412. The van der Waals surface area contributed by atoms with Gasteiger partial charge in [-0.3, -0.25) is 4.79 Å². The molecule has 0 atom stereocenters. The van der Waals surface area contributed by atoms with Crippen molar-refractivity contribution in [2.24, 2.45) is 0 Å². The highest BCUT2D eigenvalue weighted by Gasteiger charge is 2.23. The largest absolute Gasteiger partial charge is 0.450 e. The van der Waals surface area contributed by atoms with Crippen LogP contribution < -0.4 is 5.32 Å². The highest BCUT2D eigenvalue weighted by molar-refractivity contribution is 6.30. The normalized spacial score (nSPS) is 15.7. The van der Waals surface area contributed by atoms with Crippen LogP contribution in [-0.2, 0) is 9.53 Å². The molecule has 1 N–H and O–H groups in total. The zero-order chi connectivity index (χ0) is 16.7. The van der Waals surface area contributed by atoms with Crippen molar-refractivity contribution >= 4 is 29.7 Å². The molecule has 0 saturated carbocycles. The van der Waals surface area contributed by atoms with Gasteiger partial charge >= 0.3 is 6.09 Å². The van der Waals surface area contributed by atoms with Crippen molar-refractivity contribution < 1.29 is 14.3 Å². The summed E-state index contributed by atoms with van der Waals surface area (Å²) in [4.78, 5) is 25.2. The van der Waals surface area contributed by atoms with E-state index in [2.05, 4.69) is 5.32 Å². The Morgan fingerprint density at radius 1 is 1.30 bits per heavy atom. The molecule has 2 amide bonds. The van der Waals surface area contributed by atoms with Crippen LogP contribution in [-0.4, -0.2) is 42.6 Å². The summed E-state index contributed by atoms with van der Waals surface area (Å²) in [5.41, 5.74) is 0.918. The molecule has 1 aromatic rings. The molecule has 0 unspecified atom stereocenters. The maximum absolute atomic E-state index is 11.9. The third-order valence-electron chi connectivity index (χ3n) is 3.66. The van der Waals surface area contributed by atoms with Gasteiger partial charge in [0.2, 0.25) is 5.91 Å². The van der Waals surface area contributed by atoms with Gasteiger partial charge in [-0.2, -0.15) is 0 Å². The SMILES string of the molecule is CCOC(=O)N1CCC(NC(=O)C=Cc2ccc(Cl)cc2)CC1. The van der Waals surface area contributed by atoms with Gasteiger partial charge in [0.05, 0.1) is 6.61 Å². The number of ether oxygens (including phenoxy) is 1. The summed E-state index contributed by atoms with van der Waals surface area (Å²) in [5, 5.41) is 3.63. The lowest BCUT2D eigenvalue weighted by atomic mass is 10.1. The second-order valence-electron chi connectivity index (χ2n) is 5.35. The standard InChI is InChI=1S/C17H21ClN2O3/c1-2-23-17(22)20-11-9-15(10-12-20)19-16(21)8-5-13-3-6-14(18)7-4-13/h3-8,15H,2,9-12H2,1H3,(H,19,21). The minimum atomic E-state index is -0.278. The highest BCUT2D eigenvalue weighted by Crippen LogP contribution is 2.12. The summed E-state index contributed by atoms with van der Waals surface area (Å²) in [6.07, 6.45) is 4.46. The monoisotopic (exact) mass is 336 g/mol. The van der Waals surface area contributed by atoms with Crippen LogP contribution in [0.15, 0.2) is 30.3 Å². The maximum Gasteiger partial charge on any atom is 0.409 e. The molecule has 1 fully saturated rings. The van der Waals surface area contributed by atoms with Crippen molar-refractivity contribution in [2.45, 2.75) is 25.8 Å². The molecule has 1 aliphatic rings. The lowest BCUT2D eigenvalue weighted by Crippen LogP contribution is -2.46. The number of likely N-dealkylation sites (tertiary alicyclic amines) is 1. The smallest absolute Gasteiger partial charge is 0.409 e. The first kappa shape index (κ1) is 17.3. The number of carbonyl (C=O) groups is 2. The van der Waals surface area contributed by atoms with Gasteiger partial charge in [0, 0.05) is 30.2 Å². The van der Waals surface area contributed by atoms with E-state index in [4.69, 9.17) is 16.3 Å². The minimum Gasteiger partial charge on any atom is -0.450 e. The van der Waals surface area contributed by atoms with E-state index < -0.39 is 0 Å². The van der Waals surface area contributed by atoms with Crippen molar-refractivity contribution in [1.82, 2.24) is 10.2 Å². The van der Waals surface area contributed by atoms with Gasteiger partial charge in [-0.1, -0.05) is 23.7 Å². The van der Waals surface area contributed by atoms with E-state index in [0.717, 1.165) is 18.4 Å². The Kier molecular flexibility index (Phi) is 6.47. The van der Waals surface area contributed by atoms with E-state index >= 15 is 0 Å². The Labute approximate surface area is 141 Å². The number of rotatable bonds is 4. The van der Waals surface area contributed by atoms with Crippen molar-refractivity contribution in [3.05, 3.63) is 40.9 Å². The number of benzene rings is 1. The number of halogens is 1. The Balaban J connectivity index is 1.76. The van der Waals surface area contributed by atoms with Crippen LogP contribution in [0.2, 0.25) is 5.02 Å². The Morgan fingerprint density at radius 3 is 2.57 bits per heavy atom. The van der Waals surface area contributed by atoms with Crippen LogP contribution >= 0.6 is 11.6 Å². The summed E-state index contributed by atoms with van der Waals surface area (Å²) in [6.45, 7) is 3.37. The van der Waals surface area contributed by atoms with Crippen molar-refractivity contribution in [1.29, 1.82) is 0 Å². The molecule has 1 aromatic carbocycles. The Hall–Kier alpha value is -2.01. The van der Waals surface area contributed by atoms with E-state index in [1.807, 2.05) is 12.1 Å². The maximum atomic E-state index is 11.9. The van der Waals surface area contributed by atoms with E-state index in [1.54, 1.807) is 30.0 Å². The molecule has 6 heteroatoms. The lowest BCUT2D eigenvalue weighted by molar-refractivity contribution is -0.117. The number of piperidine rings is 1. The quantitative estimate of drug-likeness (QED) is 0.859. The second kappa shape index (κ2) is 8.58. The molecule has 1 heterocycles. The minimum absolute atomic E-state index is 0.0862. The van der Waals surface area contributed by atoms with Gasteiger partial charge in [-0.25, -0.2) is 4.79 Å². The molecule has 1 aliphatic heterocycles. The van der Waals surface area contributed by atoms with Gasteiger partial charge in [-0.05, 0) is 43.5 Å². The summed E-state index contributed by atoms with van der Waals surface area (Å²) >= 11 is 5.82. The number of amides is 2. The van der Waals surface area contributed by atoms with Crippen molar-refractivity contribution in [3.8, 4) is 0 Å². The molecule has 0 bridgehead atoms. The lowest BCUT2D eigenvalue weighted by Gasteiger charge is -2.31. The van der Waals surface area contributed by atoms with Gasteiger partial charge < -0.3 is 15.0 Å². The van der Waals surface area contributed by atoms with Gasteiger partial charge in [0.25, 0.3) is 0 Å². The van der Waals surface area contributed by atoms with Crippen LogP contribution in [0, 0.1) is 0 Å². The fourth-order valence-corrected chi connectivity index (χ4v) is 2.54. The number of nitrogens with one attached hydrogen (secondary N) is 1. The van der Waals surface area contributed by atoms with E-state index in [1.165, 1.54) is 6.08 Å². The average molecular weight is 337 g/mol. The fourth-order valence-electron chi connectivity index (χ4n) is 2.42. The van der Waals surface area contributed by atoms with Crippen LogP contribution in [0.4, 0.5) is 4.79 Å². The molecule has 1 saturated heterocycles. The molecule has 0 spiro atoms. The third kappa shape index (κ3) is 5.60. The molecular weight excluding hydrogens is 316 g/mol. The van der Waals surface area contributed by atoms with Crippen LogP contribution in [0.5, 0.6) is 0 Å². The molecule has 5 nitrogen and oxygen atoms in total. The van der Waals surface area contributed by atoms with Gasteiger partial charge in [-0.15, -0.1) is 0 Å². The van der Waals surface area contributed by atoms with E-state index in [9.17, 15) is 9.59 Å². The molecule has 23 heavy (non-hydrogen) atoms. The first-order valence-corrected chi connectivity index (χ1v) is 8.12. The Bertz CT molecular complexity index is 564. The molecule has 0 aliphatic carbocycles. The van der Waals surface area contributed by atoms with Crippen LogP contribution in [0.3, 0.4) is 0 Å². The highest BCUT2D eigenvalue weighted by atomic mass is 35.5. The molecular formula is C17H21ClN2O3. The Morgan fingerprint density at radius 2 is 1.96 bits per heavy atom.